The van der Waals surface area contributed by atoms with Gasteiger partial charge in [-0.05, 0) is 45.2 Å². The molecule has 1 aromatic heterocycles. The van der Waals surface area contributed by atoms with Gasteiger partial charge in [0.1, 0.15) is 5.01 Å². The standard InChI is InChI=1S/C14H27N3S/c1-3-5-13(7-8-15)6-4-9-16-11-14-17-10-12(2)18-14/h10,13,16H,3-9,11,15H2,1-2H3. The van der Waals surface area contributed by atoms with Crippen molar-refractivity contribution in [2.45, 2.75) is 52.5 Å². The van der Waals surface area contributed by atoms with Gasteiger partial charge in [-0.1, -0.05) is 19.8 Å². The molecular formula is C14H27N3S. The molecule has 0 bridgehead atoms. The molecule has 0 saturated heterocycles. The topological polar surface area (TPSA) is 50.9 Å². The third-order valence-corrected chi connectivity index (χ3v) is 4.10. The number of aromatic nitrogens is 1. The van der Waals surface area contributed by atoms with Crippen molar-refractivity contribution in [1.82, 2.24) is 10.3 Å². The van der Waals surface area contributed by atoms with Gasteiger partial charge in [0.2, 0.25) is 0 Å². The molecule has 1 heterocycles. The average Bonchev–Trinajstić information content (AvgIpc) is 2.75. The van der Waals surface area contributed by atoms with Crippen LogP contribution in [-0.2, 0) is 6.54 Å². The van der Waals surface area contributed by atoms with E-state index in [4.69, 9.17) is 5.73 Å². The highest BCUT2D eigenvalue weighted by Crippen LogP contribution is 2.16. The van der Waals surface area contributed by atoms with Crippen LogP contribution in [0.1, 0.15) is 48.9 Å². The molecule has 1 unspecified atom stereocenters. The fraction of sp³-hybridized carbons (Fsp3) is 0.786. The molecule has 0 aliphatic carbocycles. The number of thiazole rings is 1. The SMILES string of the molecule is CCCC(CCN)CCCNCc1ncc(C)s1. The number of nitrogens with zero attached hydrogens (tertiary/aromatic N) is 1. The van der Waals surface area contributed by atoms with E-state index in [9.17, 15) is 0 Å². The van der Waals surface area contributed by atoms with Crippen molar-refractivity contribution in [3.8, 4) is 0 Å². The summed E-state index contributed by atoms with van der Waals surface area (Å²) in [5.74, 6) is 0.823. The smallest absolute Gasteiger partial charge is 0.107 e. The van der Waals surface area contributed by atoms with Crippen molar-refractivity contribution in [2.75, 3.05) is 13.1 Å². The molecule has 104 valence electrons. The van der Waals surface area contributed by atoms with Crippen molar-refractivity contribution in [2.24, 2.45) is 11.7 Å². The summed E-state index contributed by atoms with van der Waals surface area (Å²) in [5.41, 5.74) is 5.65. The van der Waals surface area contributed by atoms with Gasteiger partial charge in [-0.2, -0.15) is 0 Å². The van der Waals surface area contributed by atoms with Gasteiger partial charge in [0.25, 0.3) is 0 Å². The molecule has 3 N–H and O–H groups in total. The molecule has 0 saturated carbocycles. The van der Waals surface area contributed by atoms with Gasteiger partial charge in [0.05, 0.1) is 0 Å². The summed E-state index contributed by atoms with van der Waals surface area (Å²) in [7, 11) is 0. The van der Waals surface area contributed by atoms with Crippen LogP contribution in [0.5, 0.6) is 0 Å². The minimum absolute atomic E-state index is 0.823. The molecule has 0 amide bonds. The second kappa shape index (κ2) is 9.48. The van der Waals surface area contributed by atoms with Crippen molar-refractivity contribution in [3.05, 3.63) is 16.1 Å². The quantitative estimate of drug-likeness (QED) is 0.642. The van der Waals surface area contributed by atoms with Gasteiger partial charge >= 0.3 is 0 Å². The highest BCUT2D eigenvalue weighted by atomic mass is 32.1. The fourth-order valence-electron chi connectivity index (χ4n) is 2.27. The van der Waals surface area contributed by atoms with E-state index in [0.717, 1.165) is 25.6 Å². The van der Waals surface area contributed by atoms with E-state index in [1.54, 1.807) is 11.3 Å². The molecule has 4 heteroatoms. The van der Waals surface area contributed by atoms with E-state index in [1.165, 1.54) is 42.0 Å². The first-order valence-electron chi connectivity index (χ1n) is 7.08. The van der Waals surface area contributed by atoms with Crippen LogP contribution in [0.4, 0.5) is 0 Å². The molecule has 0 aliphatic rings. The lowest BCUT2D eigenvalue weighted by Gasteiger charge is -2.14. The van der Waals surface area contributed by atoms with Crippen LogP contribution in [0, 0.1) is 12.8 Å². The molecule has 0 spiro atoms. The molecule has 0 aromatic carbocycles. The number of rotatable bonds is 10. The third kappa shape index (κ3) is 6.47. The summed E-state index contributed by atoms with van der Waals surface area (Å²) >= 11 is 1.78. The second-order valence-electron chi connectivity index (χ2n) is 4.92. The van der Waals surface area contributed by atoms with Crippen molar-refractivity contribution < 1.29 is 0 Å². The van der Waals surface area contributed by atoms with Crippen molar-refractivity contribution >= 4 is 11.3 Å². The zero-order chi connectivity index (χ0) is 13.2. The van der Waals surface area contributed by atoms with Crippen LogP contribution in [-0.4, -0.2) is 18.1 Å². The molecule has 18 heavy (non-hydrogen) atoms. The highest BCUT2D eigenvalue weighted by Gasteiger charge is 2.06. The minimum Gasteiger partial charge on any atom is -0.330 e. The number of hydrogen-bond donors (Lipinski definition) is 2. The van der Waals surface area contributed by atoms with Gasteiger partial charge < -0.3 is 11.1 Å². The Labute approximate surface area is 115 Å². The molecule has 0 radical (unpaired) electrons. The fourth-order valence-corrected chi connectivity index (χ4v) is 3.03. The Morgan fingerprint density at radius 1 is 1.39 bits per heavy atom. The molecule has 1 rings (SSSR count). The first-order valence-corrected chi connectivity index (χ1v) is 7.90. The van der Waals surface area contributed by atoms with Crippen LogP contribution in [0.3, 0.4) is 0 Å². The third-order valence-electron chi connectivity index (χ3n) is 3.18. The highest BCUT2D eigenvalue weighted by molar-refractivity contribution is 7.11. The summed E-state index contributed by atoms with van der Waals surface area (Å²) < 4.78 is 0. The Balaban J connectivity index is 2.06. The zero-order valence-corrected chi connectivity index (χ0v) is 12.6. The molecular weight excluding hydrogens is 242 g/mol. The largest absolute Gasteiger partial charge is 0.330 e. The van der Waals surface area contributed by atoms with Crippen LogP contribution < -0.4 is 11.1 Å². The van der Waals surface area contributed by atoms with E-state index >= 15 is 0 Å². The summed E-state index contributed by atoms with van der Waals surface area (Å²) in [4.78, 5) is 5.64. The molecule has 0 aliphatic heterocycles. The summed E-state index contributed by atoms with van der Waals surface area (Å²) in [6.45, 7) is 7.18. The monoisotopic (exact) mass is 269 g/mol. The van der Waals surface area contributed by atoms with Gasteiger partial charge in [-0.15, -0.1) is 11.3 Å². The Hall–Kier alpha value is -0.450. The molecule has 1 atom stereocenters. The first kappa shape index (κ1) is 15.6. The second-order valence-corrected chi connectivity index (χ2v) is 6.24. The summed E-state index contributed by atoms with van der Waals surface area (Å²) in [6.07, 6.45) is 8.27. The average molecular weight is 269 g/mol. The van der Waals surface area contributed by atoms with Crippen molar-refractivity contribution in [1.29, 1.82) is 0 Å². The van der Waals surface area contributed by atoms with E-state index in [2.05, 4.69) is 24.1 Å². The van der Waals surface area contributed by atoms with Crippen LogP contribution in [0.2, 0.25) is 0 Å². The maximum Gasteiger partial charge on any atom is 0.107 e. The Morgan fingerprint density at radius 2 is 2.22 bits per heavy atom. The van der Waals surface area contributed by atoms with Crippen molar-refractivity contribution in [3.63, 3.8) is 0 Å². The number of nitrogens with one attached hydrogen (secondary N) is 1. The van der Waals surface area contributed by atoms with E-state index < -0.39 is 0 Å². The predicted molar refractivity (Wildman–Crippen MR) is 79.9 cm³/mol. The van der Waals surface area contributed by atoms with Crippen LogP contribution in [0.25, 0.3) is 0 Å². The summed E-state index contributed by atoms with van der Waals surface area (Å²) in [5, 5.41) is 4.67. The Kier molecular flexibility index (Phi) is 8.22. The Morgan fingerprint density at radius 3 is 2.83 bits per heavy atom. The predicted octanol–water partition coefficient (Wildman–Crippen LogP) is 3.09. The van der Waals surface area contributed by atoms with E-state index in [-0.39, 0.29) is 0 Å². The summed E-state index contributed by atoms with van der Waals surface area (Å²) in [6, 6.07) is 0. The lowest BCUT2D eigenvalue weighted by Crippen LogP contribution is -2.16. The van der Waals surface area contributed by atoms with Gasteiger partial charge in [-0.25, -0.2) is 4.98 Å². The normalized spacial score (nSPS) is 12.8. The minimum atomic E-state index is 0.823. The molecule has 3 nitrogen and oxygen atoms in total. The Bertz CT molecular complexity index is 306. The van der Waals surface area contributed by atoms with E-state index in [1.807, 2.05) is 6.20 Å². The van der Waals surface area contributed by atoms with Gasteiger partial charge in [-0.3, -0.25) is 0 Å². The molecule has 1 aromatic rings. The number of hydrogen-bond acceptors (Lipinski definition) is 4. The lowest BCUT2D eigenvalue weighted by atomic mass is 9.94. The van der Waals surface area contributed by atoms with Gasteiger partial charge in [0.15, 0.2) is 0 Å². The number of nitrogens with two attached hydrogens (primary N) is 1. The maximum absolute atomic E-state index is 5.65. The lowest BCUT2D eigenvalue weighted by molar-refractivity contribution is 0.403. The van der Waals surface area contributed by atoms with E-state index in [0.29, 0.717) is 0 Å². The van der Waals surface area contributed by atoms with Crippen LogP contribution in [0.15, 0.2) is 6.20 Å². The maximum atomic E-state index is 5.65. The van der Waals surface area contributed by atoms with Crippen LogP contribution >= 0.6 is 11.3 Å². The zero-order valence-electron chi connectivity index (χ0n) is 11.7. The number of aryl methyl sites for hydroxylation is 1. The first-order chi connectivity index (χ1) is 8.76. The molecule has 0 fully saturated rings. The van der Waals surface area contributed by atoms with Gasteiger partial charge in [0, 0.05) is 17.6 Å².